The normalized spacial score (nSPS) is 10.5. The van der Waals surface area contributed by atoms with Crippen LogP contribution in [0.25, 0.3) is 22.3 Å². The third kappa shape index (κ3) is 2.78. The number of nitrogens with zero attached hydrogens (tertiary/aromatic N) is 4. The molecule has 2 aromatic heterocycles. The van der Waals surface area contributed by atoms with E-state index in [1.807, 2.05) is 35.7 Å². The van der Waals surface area contributed by atoms with Crippen LogP contribution in [0, 0.1) is 11.3 Å². The van der Waals surface area contributed by atoms with Crippen LogP contribution in [-0.4, -0.2) is 23.1 Å². The number of thiophene rings is 1. The highest BCUT2D eigenvalue weighted by Gasteiger charge is 2.14. The molecule has 0 aliphatic carbocycles. The highest BCUT2D eigenvalue weighted by Crippen LogP contribution is 2.28. The molecule has 0 radical (unpaired) electrons. The molecule has 0 bridgehead atoms. The molecule has 0 spiro atoms. The Bertz CT molecular complexity index is 805. The van der Waals surface area contributed by atoms with Gasteiger partial charge in [-0.2, -0.15) is 16.6 Å². The second kappa shape index (κ2) is 6.54. The summed E-state index contributed by atoms with van der Waals surface area (Å²) in [6, 6.07) is 12.3. The van der Waals surface area contributed by atoms with Crippen LogP contribution in [0.1, 0.15) is 13.3 Å². The number of hydrogen-bond acceptors (Lipinski definition) is 5. The molecule has 0 fully saturated rings. The predicted octanol–water partition coefficient (Wildman–Crippen LogP) is 4.10. The van der Waals surface area contributed by atoms with Crippen molar-refractivity contribution in [3.8, 4) is 17.5 Å². The summed E-state index contributed by atoms with van der Waals surface area (Å²) in [6.45, 7) is 3.57. The molecule has 0 unspecified atom stereocenters. The Morgan fingerprint density at radius 3 is 2.82 bits per heavy atom. The van der Waals surface area contributed by atoms with Gasteiger partial charge in [-0.1, -0.05) is 12.1 Å². The van der Waals surface area contributed by atoms with E-state index in [4.69, 9.17) is 10.2 Å². The zero-order chi connectivity index (χ0) is 15.4. The van der Waals surface area contributed by atoms with Gasteiger partial charge in [-0.25, -0.2) is 9.97 Å². The van der Waals surface area contributed by atoms with Crippen molar-refractivity contribution in [2.75, 3.05) is 18.0 Å². The number of benzene rings is 1. The fourth-order valence-electron chi connectivity index (χ4n) is 2.42. The average molecular weight is 308 g/mol. The minimum Gasteiger partial charge on any atom is -0.355 e. The lowest BCUT2D eigenvalue weighted by atomic mass is 10.2. The van der Waals surface area contributed by atoms with E-state index >= 15 is 0 Å². The molecule has 2 heterocycles. The fourth-order valence-corrected chi connectivity index (χ4v) is 3.05. The van der Waals surface area contributed by atoms with Gasteiger partial charge in [0.1, 0.15) is 5.82 Å². The summed E-state index contributed by atoms with van der Waals surface area (Å²) in [5, 5.41) is 14.0. The zero-order valence-electron chi connectivity index (χ0n) is 12.4. The maximum Gasteiger partial charge on any atom is 0.162 e. The summed E-state index contributed by atoms with van der Waals surface area (Å²) in [6.07, 6.45) is 0.486. The first-order chi connectivity index (χ1) is 10.8. The Labute approximate surface area is 133 Å². The maximum absolute atomic E-state index is 8.87. The number of nitriles is 1. The molecule has 4 nitrogen and oxygen atoms in total. The van der Waals surface area contributed by atoms with Gasteiger partial charge in [0.05, 0.1) is 18.0 Å². The van der Waals surface area contributed by atoms with Crippen LogP contribution in [-0.2, 0) is 0 Å². The Balaban J connectivity index is 2.16. The molecule has 3 rings (SSSR count). The average Bonchev–Trinajstić information content (AvgIpc) is 3.09. The molecule has 0 saturated heterocycles. The van der Waals surface area contributed by atoms with Crippen LogP contribution >= 0.6 is 11.3 Å². The van der Waals surface area contributed by atoms with Gasteiger partial charge in [-0.3, -0.25) is 0 Å². The van der Waals surface area contributed by atoms with Crippen LogP contribution in [0.4, 0.5) is 5.82 Å². The summed E-state index contributed by atoms with van der Waals surface area (Å²) in [4.78, 5) is 11.6. The smallest absolute Gasteiger partial charge is 0.162 e. The van der Waals surface area contributed by atoms with E-state index in [-0.39, 0.29) is 0 Å². The molecular weight excluding hydrogens is 292 g/mol. The summed E-state index contributed by atoms with van der Waals surface area (Å²) >= 11 is 1.64. The monoisotopic (exact) mass is 308 g/mol. The van der Waals surface area contributed by atoms with E-state index in [2.05, 4.69) is 28.3 Å². The highest BCUT2D eigenvalue weighted by molar-refractivity contribution is 7.08. The number of para-hydroxylation sites is 1. The standard InChI is InChI=1S/C17H16N4S/c1-2-21(10-5-9-18)17-14-6-3-4-7-15(14)19-16(20-17)13-8-11-22-12-13/h3-4,6-8,11-12H,2,5,10H2,1H3. The lowest BCUT2D eigenvalue weighted by molar-refractivity contribution is 0.814. The van der Waals surface area contributed by atoms with E-state index in [1.54, 1.807) is 11.3 Å². The van der Waals surface area contributed by atoms with Crippen molar-refractivity contribution in [3.05, 3.63) is 41.1 Å². The quantitative estimate of drug-likeness (QED) is 0.712. The van der Waals surface area contributed by atoms with E-state index < -0.39 is 0 Å². The van der Waals surface area contributed by atoms with Gasteiger partial charge in [0.15, 0.2) is 5.82 Å². The minimum absolute atomic E-state index is 0.486. The van der Waals surface area contributed by atoms with E-state index in [0.29, 0.717) is 13.0 Å². The second-order valence-corrected chi connectivity index (χ2v) is 5.67. The predicted molar refractivity (Wildman–Crippen MR) is 91.0 cm³/mol. The Morgan fingerprint density at radius 2 is 2.09 bits per heavy atom. The number of aromatic nitrogens is 2. The number of fused-ring (bicyclic) bond motifs is 1. The van der Waals surface area contributed by atoms with Gasteiger partial charge in [0.2, 0.25) is 0 Å². The number of rotatable bonds is 5. The molecule has 110 valence electrons. The van der Waals surface area contributed by atoms with Crippen LogP contribution in [0.2, 0.25) is 0 Å². The molecule has 0 amide bonds. The lowest BCUT2D eigenvalue weighted by Crippen LogP contribution is -2.25. The van der Waals surface area contributed by atoms with Crippen molar-refractivity contribution >= 4 is 28.1 Å². The van der Waals surface area contributed by atoms with E-state index in [1.165, 1.54) is 0 Å². The Kier molecular flexibility index (Phi) is 4.31. The van der Waals surface area contributed by atoms with Gasteiger partial charge < -0.3 is 4.90 Å². The van der Waals surface area contributed by atoms with Gasteiger partial charge in [0, 0.05) is 29.4 Å². The Morgan fingerprint density at radius 1 is 1.23 bits per heavy atom. The Hall–Kier alpha value is -2.45. The molecule has 22 heavy (non-hydrogen) atoms. The van der Waals surface area contributed by atoms with E-state index in [9.17, 15) is 0 Å². The van der Waals surface area contributed by atoms with Gasteiger partial charge in [0.25, 0.3) is 0 Å². The van der Waals surface area contributed by atoms with Crippen molar-refractivity contribution < 1.29 is 0 Å². The first-order valence-corrected chi connectivity index (χ1v) is 8.19. The summed E-state index contributed by atoms with van der Waals surface area (Å²) in [5.41, 5.74) is 1.97. The molecule has 0 N–H and O–H groups in total. The largest absolute Gasteiger partial charge is 0.355 e. The van der Waals surface area contributed by atoms with Gasteiger partial charge in [-0.15, -0.1) is 0 Å². The molecule has 0 aliphatic rings. The van der Waals surface area contributed by atoms with Crippen molar-refractivity contribution in [2.24, 2.45) is 0 Å². The molecule has 1 aromatic carbocycles. The lowest BCUT2D eigenvalue weighted by Gasteiger charge is -2.22. The molecule has 3 aromatic rings. The van der Waals surface area contributed by atoms with Crippen molar-refractivity contribution in [1.82, 2.24) is 9.97 Å². The van der Waals surface area contributed by atoms with Gasteiger partial charge in [-0.05, 0) is 30.5 Å². The van der Waals surface area contributed by atoms with Crippen LogP contribution in [0.3, 0.4) is 0 Å². The molecule has 0 aliphatic heterocycles. The highest BCUT2D eigenvalue weighted by atomic mass is 32.1. The third-order valence-electron chi connectivity index (χ3n) is 3.54. The van der Waals surface area contributed by atoms with Crippen LogP contribution < -0.4 is 4.90 Å². The first kappa shape index (κ1) is 14.5. The minimum atomic E-state index is 0.486. The summed E-state index contributed by atoms with van der Waals surface area (Å²) in [5.74, 6) is 1.65. The molecule has 5 heteroatoms. The topological polar surface area (TPSA) is 52.8 Å². The second-order valence-electron chi connectivity index (χ2n) is 4.89. The maximum atomic E-state index is 8.87. The van der Waals surface area contributed by atoms with Crippen molar-refractivity contribution in [2.45, 2.75) is 13.3 Å². The number of anilines is 1. The molecule has 0 atom stereocenters. The molecular formula is C17H16N4S. The van der Waals surface area contributed by atoms with Crippen molar-refractivity contribution in [3.63, 3.8) is 0 Å². The third-order valence-corrected chi connectivity index (χ3v) is 4.22. The first-order valence-electron chi connectivity index (χ1n) is 7.24. The zero-order valence-corrected chi connectivity index (χ0v) is 13.2. The van der Waals surface area contributed by atoms with Crippen LogP contribution in [0.15, 0.2) is 41.1 Å². The van der Waals surface area contributed by atoms with Crippen molar-refractivity contribution in [1.29, 1.82) is 5.26 Å². The molecule has 0 saturated carbocycles. The number of hydrogen-bond donors (Lipinski definition) is 0. The van der Waals surface area contributed by atoms with E-state index in [0.717, 1.165) is 34.7 Å². The summed E-state index contributed by atoms with van der Waals surface area (Å²) in [7, 11) is 0. The van der Waals surface area contributed by atoms with Gasteiger partial charge >= 0.3 is 0 Å². The fraction of sp³-hybridized carbons (Fsp3) is 0.235. The SMILES string of the molecule is CCN(CCC#N)c1nc(-c2ccsc2)nc2ccccc12. The summed E-state index contributed by atoms with van der Waals surface area (Å²) < 4.78 is 0. The van der Waals surface area contributed by atoms with Crippen LogP contribution in [0.5, 0.6) is 0 Å².